The van der Waals surface area contributed by atoms with E-state index in [4.69, 9.17) is 0 Å². The lowest BCUT2D eigenvalue weighted by molar-refractivity contribution is 0.112. The van der Waals surface area contributed by atoms with Crippen molar-refractivity contribution in [1.82, 2.24) is 0 Å². The van der Waals surface area contributed by atoms with Crippen molar-refractivity contribution in [3.63, 3.8) is 0 Å². The molecular weight excluding hydrogens is 223 g/mol. The Morgan fingerprint density at radius 1 is 1.38 bits per heavy atom. The first-order chi connectivity index (χ1) is 7.72. The lowest BCUT2D eigenvalue weighted by Gasteiger charge is -2.29. The second kappa shape index (κ2) is 5.00. The summed E-state index contributed by atoms with van der Waals surface area (Å²) in [7, 11) is 0. The van der Waals surface area contributed by atoms with Crippen molar-refractivity contribution in [3.05, 3.63) is 35.4 Å². The summed E-state index contributed by atoms with van der Waals surface area (Å²) in [6.45, 7) is 0. The molecule has 1 aliphatic rings. The van der Waals surface area contributed by atoms with E-state index in [9.17, 15) is 9.18 Å². The van der Waals surface area contributed by atoms with Crippen molar-refractivity contribution in [2.24, 2.45) is 0 Å². The zero-order valence-corrected chi connectivity index (χ0v) is 9.93. The molecule has 1 unspecified atom stereocenters. The molecular formula is C13H15FOS. The van der Waals surface area contributed by atoms with E-state index in [2.05, 4.69) is 0 Å². The predicted octanol–water partition coefficient (Wildman–Crippen LogP) is 3.28. The largest absolute Gasteiger partial charge is 0.298 e. The minimum Gasteiger partial charge on any atom is -0.298 e. The molecule has 0 bridgehead atoms. The molecule has 1 aromatic carbocycles. The van der Waals surface area contributed by atoms with Crippen molar-refractivity contribution in [2.75, 3.05) is 11.5 Å². The van der Waals surface area contributed by atoms with Gasteiger partial charge >= 0.3 is 0 Å². The molecule has 0 spiro atoms. The lowest BCUT2D eigenvalue weighted by atomic mass is 9.93. The van der Waals surface area contributed by atoms with Crippen LogP contribution in [0.3, 0.4) is 0 Å². The van der Waals surface area contributed by atoms with E-state index in [1.54, 1.807) is 23.9 Å². The first-order valence-electron chi connectivity index (χ1n) is 5.53. The Morgan fingerprint density at radius 2 is 2.12 bits per heavy atom. The highest BCUT2D eigenvalue weighted by Gasteiger charge is 2.32. The van der Waals surface area contributed by atoms with E-state index < -0.39 is 5.67 Å². The molecule has 0 radical (unpaired) electrons. The van der Waals surface area contributed by atoms with Crippen LogP contribution in [0.1, 0.15) is 28.8 Å². The zero-order valence-electron chi connectivity index (χ0n) is 9.12. The van der Waals surface area contributed by atoms with Crippen molar-refractivity contribution in [3.8, 4) is 0 Å². The van der Waals surface area contributed by atoms with Gasteiger partial charge in [-0.05, 0) is 24.2 Å². The normalized spacial score (nSPS) is 25.3. The molecule has 1 heterocycles. The summed E-state index contributed by atoms with van der Waals surface area (Å²) in [6, 6.07) is 7.21. The van der Waals surface area contributed by atoms with E-state index in [-0.39, 0.29) is 0 Å². The van der Waals surface area contributed by atoms with Gasteiger partial charge in [-0.2, -0.15) is 11.8 Å². The molecule has 3 heteroatoms. The van der Waals surface area contributed by atoms with Gasteiger partial charge in [0.1, 0.15) is 12.0 Å². The Hall–Kier alpha value is -0.830. The van der Waals surface area contributed by atoms with Gasteiger partial charge in [0, 0.05) is 17.7 Å². The van der Waals surface area contributed by atoms with Crippen molar-refractivity contribution >= 4 is 18.0 Å². The fourth-order valence-corrected chi connectivity index (χ4v) is 3.14. The number of aldehydes is 1. The quantitative estimate of drug-likeness (QED) is 0.752. The van der Waals surface area contributed by atoms with Crippen molar-refractivity contribution < 1.29 is 9.18 Å². The van der Waals surface area contributed by atoms with Crippen LogP contribution in [-0.4, -0.2) is 23.5 Å². The topological polar surface area (TPSA) is 17.1 Å². The maximum Gasteiger partial charge on any atom is 0.150 e. The Labute approximate surface area is 99.4 Å². The summed E-state index contributed by atoms with van der Waals surface area (Å²) in [4.78, 5) is 10.5. The summed E-state index contributed by atoms with van der Waals surface area (Å²) in [5, 5.41) is 0. The third kappa shape index (κ3) is 2.85. The third-order valence-corrected chi connectivity index (χ3v) is 4.21. The van der Waals surface area contributed by atoms with Crippen LogP contribution in [0, 0.1) is 0 Å². The molecule has 1 fully saturated rings. The molecule has 0 amide bonds. The van der Waals surface area contributed by atoms with E-state index in [0.717, 1.165) is 24.0 Å². The molecule has 0 saturated carbocycles. The summed E-state index contributed by atoms with van der Waals surface area (Å²) < 4.78 is 14.4. The van der Waals surface area contributed by atoms with E-state index in [1.807, 2.05) is 12.1 Å². The van der Waals surface area contributed by atoms with Crippen LogP contribution >= 0.6 is 11.8 Å². The highest BCUT2D eigenvalue weighted by Crippen LogP contribution is 2.33. The molecule has 0 aromatic heterocycles. The zero-order chi connectivity index (χ0) is 11.4. The van der Waals surface area contributed by atoms with Gasteiger partial charge in [0.15, 0.2) is 0 Å². The Balaban J connectivity index is 2.04. The monoisotopic (exact) mass is 238 g/mol. The molecule has 1 saturated heterocycles. The second-order valence-corrected chi connectivity index (χ2v) is 5.45. The van der Waals surface area contributed by atoms with Gasteiger partial charge in [-0.3, -0.25) is 4.79 Å². The Kier molecular flexibility index (Phi) is 3.64. The number of hydrogen-bond donors (Lipinski definition) is 0. The van der Waals surface area contributed by atoms with Gasteiger partial charge < -0.3 is 0 Å². The molecule has 2 rings (SSSR count). The van der Waals surface area contributed by atoms with Gasteiger partial charge in [0.05, 0.1) is 0 Å². The summed E-state index contributed by atoms with van der Waals surface area (Å²) in [6.07, 6.45) is 2.91. The van der Waals surface area contributed by atoms with Crippen LogP contribution in [-0.2, 0) is 6.42 Å². The number of carbonyl (C=O) groups is 1. The fraction of sp³-hybridized carbons (Fsp3) is 0.462. The average molecular weight is 238 g/mol. The molecule has 0 aliphatic carbocycles. The second-order valence-electron chi connectivity index (χ2n) is 4.34. The lowest BCUT2D eigenvalue weighted by Crippen LogP contribution is -2.32. The molecule has 1 aromatic rings. The minimum absolute atomic E-state index is 0.471. The highest BCUT2D eigenvalue weighted by atomic mass is 32.2. The Morgan fingerprint density at radius 3 is 2.69 bits per heavy atom. The van der Waals surface area contributed by atoms with Crippen LogP contribution in [0.2, 0.25) is 0 Å². The van der Waals surface area contributed by atoms with Gasteiger partial charge in [0.25, 0.3) is 0 Å². The van der Waals surface area contributed by atoms with Gasteiger partial charge in [-0.15, -0.1) is 0 Å². The van der Waals surface area contributed by atoms with Crippen LogP contribution < -0.4 is 0 Å². The van der Waals surface area contributed by atoms with Crippen LogP contribution in [0.5, 0.6) is 0 Å². The predicted molar refractivity (Wildman–Crippen MR) is 65.9 cm³/mol. The highest BCUT2D eigenvalue weighted by molar-refractivity contribution is 7.99. The van der Waals surface area contributed by atoms with E-state index in [0.29, 0.717) is 24.2 Å². The van der Waals surface area contributed by atoms with Crippen LogP contribution in [0.4, 0.5) is 4.39 Å². The first kappa shape index (κ1) is 11.6. The van der Waals surface area contributed by atoms with Gasteiger partial charge in [-0.25, -0.2) is 4.39 Å². The smallest absolute Gasteiger partial charge is 0.150 e. The molecule has 0 N–H and O–H groups in total. The summed E-state index contributed by atoms with van der Waals surface area (Å²) >= 11 is 1.70. The fourth-order valence-electron chi connectivity index (χ4n) is 2.04. The Bertz CT molecular complexity index is 355. The number of benzene rings is 1. The number of alkyl halides is 1. The van der Waals surface area contributed by atoms with Crippen LogP contribution in [0.15, 0.2) is 24.3 Å². The van der Waals surface area contributed by atoms with Crippen LogP contribution in [0.25, 0.3) is 0 Å². The van der Waals surface area contributed by atoms with Crippen molar-refractivity contribution in [2.45, 2.75) is 24.9 Å². The van der Waals surface area contributed by atoms with Gasteiger partial charge in [0.2, 0.25) is 0 Å². The number of rotatable bonds is 3. The van der Waals surface area contributed by atoms with Gasteiger partial charge in [-0.1, -0.05) is 24.3 Å². The number of hydrogen-bond acceptors (Lipinski definition) is 2. The molecule has 1 aliphatic heterocycles. The number of thioether (sulfide) groups is 1. The van der Waals surface area contributed by atoms with Crippen molar-refractivity contribution in [1.29, 1.82) is 0 Å². The van der Waals surface area contributed by atoms with E-state index in [1.165, 1.54) is 0 Å². The molecule has 86 valence electrons. The maximum absolute atomic E-state index is 14.4. The number of carbonyl (C=O) groups excluding carboxylic acids is 1. The summed E-state index contributed by atoms with van der Waals surface area (Å²) in [5.41, 5.74) is 0.580. The molecule has 1 atom stereocenters. The first-order valence-corrected chi connectivity index (χ1v) is 6.68. The maximum atomic E-state index is 14.4. The minimum atomic E-state index is -1.05. The standard InChI is InChI=1S/C13H15FOS/c14-13(6-1-7-16-10-13)8-11-2-4-12(9-15)5-3-11/h2-5,9H,1,6-8,10H2. The average Bonchev–Trinajstić information content (AvgIpc) is 2.30. The SMILES string of the molecule is O=Cc1ccc(CC2(F)CCCSC2)cc1. The summed E-state index contributed by atoms with van der Waals surface area (Å²) in [5.74, 6) is 1.68. The van der Waals surface area contributed by atoms with E-state index >= 15 is 0 Å². The number of halogens is 1. The molecule has 1 nitrogen and oxygen atoms in total. The molecule has 16 heavy (non-hydrogen) atoms. The third-order valence-electron chi connectivity index (χ3n) is 2.91.